The number of hydrogen-bond donors (Lipinski definition) is 2. The van der Waals surface area contributed by atoms with Crippen LogP contribution in [-0.2, 0) is 14.4 Å². The van der Waals surface area contributed by atoms with E-state index in [1.807, 2.05) is 0 Å². The molecule has 0 bridgehead atoms. The molecule has 0 saturated heterocycles. The Morgan fingerprint density at radius 2 is 1.69 bits per heavy atom. The van der Waals surface area contributed by atoms with Crippen LogP contribution in [0.1, 0.15) is 40.0 Å². The molecule has 0 saturated carbocycles. The van der Waals surface area contributed by atoms with Gasteiger partial charge in [0.15, 0.2) is 0 Å². The van der Waals surface area contributed by atoms with Gasteiger partial charge in [-0.2, -0.15) is 0 Å². The summed E-state index contributed by atoms with van der Waals surface area (Å²) in [6.45, 7) is 4.51. The van der Waals surface area contributed by atoms with Crippen LogP contribution in [0.15, 0.2) is 0 Å². The Morgan fingerprint density at radius 1 is 1.19 bits per heavy atom. The fraction of sp³-hybridized carbons (Fsp3) is 0.727. The number of carboxylic acid groups (broad SMARTS) is 2. The number of carboxylic acids is 2. The van der Waals surface area contributed by atoms with Crippen LogP contribution in [0.3, 0.4) is 0 Å². The first-order chi connectivity index (χ1) is 7.32. The predicted octanol–water partition coefficient (Wildman–Crippen LogP) is 1.56. The topological polar surface area (TPSA) is 91.7 Å². The van der Waals surface area contributed by atoms with Crippen LogP contribution in [0, 0.1) is 11.3 Å². The molecular formula is C11H18O5. The van der Waals surface area contributed by atoms with Gasteiger partial charge in [0, 0.05) is 6.42 Å². The summed E-state index contributed by atoms with van der Waals surface area (Å²) >= 11 is 0. The molecule has 0 aromatic rings. The van der Waals surface area contributed by atoms with Gasteiger partial charge in [0.2, 0.25) is 0 Å². The van der Waals surface area contributed by atoms with Gasteiger partial charge in [-0.25, -0.2) is 0 Å². The van der Waals surface area contributed by atoms with Gasteiger partial charge in [-0.15, -0.1) is 0 Å². The second kappa shape index (κ2) is 5.63. The molecule has 16 heavy (non-hydrogen) atoms. The van der Waals surface area contributed by atoms with Crippen molar-refractivity contribution in [2.75, 3.05) is 0 Å². The lowest BCUT2D eigenvalue weighted by Gasteiger charge is -2.32. The van der Waals surface area contributed by atoms with E-state index in [2.05, 4.69) is 0 Å². The minimum absolute atomic E-state index is 0.115. The maximum absolute atomic E-state index is 11.5. The van der Waals surface area contributed by atoms with Crippen molar-refractivity contribution in [3.05, 3.63) is 0 Å². The third kappa shape index (κ3) is 2.59. The summed E-state index contributed by atoms with van der Waals surface area (Å²) in [4.78, 5) is 33.5. The van der Waals surface area contributed by atoms with E-state index in [9.17, 15) is 19.5 Å². The van der Waals surface area contributed by atoms with Crippen molar-refractivity contribution in [3.8, 4) is 0 Å². The second-order valence-corrected chi connectivity index (χ2v) is 3.89. The van der Waals surface area contributed by atoms with Crippen LogP contribution in [0.4, 0.5) is 0 Å². The summed E-state index contributed by atoms with van der Waals surface area (Å²) in [6.07, 6.45) is 0.172. The average molecular weight is 230 g/mol. The standard InChI is InChI=1S/C11H18O5/c1-4-8(6-9(13)14)11(5-2,7(3)12)10(15)16/h8H,4-6H2,1-3H3,(H,13,14)(H,15,16). The van der Waals surface area contributed by atoms with E-state index in [1.54, 1.807) is 13.8 Å². The fourth-order valence-corrected chi connectivity index (χ4v) is 2.18. The van der Waals surface area contributed by atoms with Crippen LogP contribution in [0.5, 0.6) is 0 Å². The van der Waals surface area contributed by atoms with Gasteiger partial charge in [0.05, 0.1) is 0 Å². The first-order valence-corrected chi connectivity index (χ1v) is 5.29. The molecule has 0 spiro atoms. The lowest BCUT2D eigenvalue weighted by molar-refractivity contribution is -0.160. The molecule has 2 unspecified atom stereocenters. The first kappa shape index (κ1) is 14.6. The minimum Gasteiger partial charge on any atom is -0.481 e. The highest BCUT2D eigenvalue weighted by molar-refractivity contribution is 6.02. The Morgan fingerprint density at radius 3 is 1.88 bits per heavy atom. The van der Waals surface area contributed by atoms with Crippen LogP contribution in [0.2, 0.25) is 0 Å². The molecule has 0 heterocycles. The highest BCUT2D eigenvalue weighted by atomic mass is 16.4. The number of ketones is 1. The van der Waals surface area contributed by atoms with E-state index in [1.165, 1.54) is 6.92 Å². The van der Waals surface area contributed by atoms with E-state index in [-0.39, 0.29) is 12.8 Å². The lowest BCUT2D eigenvalue weighted by Crippen LogP contribution is -2.44. The van der Waals surface area contributed by atoms with Gasteiger partial charge in [-0.1, -0.05) is 20.3 Å². The molecule has 2 N–H and O–H groups in total. The lowest BCUT2D eigenvalue weighted by atomic mass is 9.68. The number of carbonyl (C=O) groups excluding carboxylic acids is 1. The molecule has 0 fully saturated rings. The maximum Gasteiger partial charge on any atom is 0.317 e. The van der Waals surface area contributed by atoms with Crippen LogP contribution >= 0.6 is 0 Å². The highest BCUT2D eigenvalue weighted by Crippen LogP contribution is 2.37. The quantitative estimate of drug-likeness (QED) is 0.647. The number of rotatable bonds is 7. The van der Waals surface area contributed by atoms with Gasteiger partial charge in [-0.3, -0.25) is 14.4 Å². The Labute approximate surface area is 94.5 Å². The summed E-state index contributed by atoms with van der Waals surface area (Å²) in [5.74, 6) is -3.44. The molecule has 0 aliphatic rings. The van der Waals surface area contributed by atoms with Gasteiger partial charge in [0.25, 0.3) is 0 Å². The van der Waals surface area contributed by atoms with Crippen molar-refractivity contribution in [2.24, 2.45) is 11.3 Å². The van der Waals surface area contributed by atoms with Crippen LogP contribution < -0.4 is 0 Å². The number of hydrogen-bond acceptors (Lipinski definition) is 3. The second-order valence-electron chi connectivity index (χ2n) is 3.89. The minimum atomic E-state index is -1.56. The van der Waals surface area contributed by atoms with Crippen molar-refractivity contribution in [2.45, 2.75) is 40.0 Å². The largest absolute Gasteiger partial charge is 0.481 e. The van der Waals surface area contributed by atoms with Crippen molar-refractivity contribution in [1.82, 2.24) is 0 Å². The average Bonchev–Trinajstić information content (AvgIpc) is 2.16. The third-order valence-corrected chi connectivity index (χ3v) is 3.18. The SMILES string of the molecule is CCC(CC(=O)O)C(CC)(C(C)=O)C(=O)O. The molecular weight excluding hydrogens is 212 g/mol. The van der Waals surface area contributed by atoms with E-state index in [0.717, 1.165) is 0 Å². The molecule has 0 aliphatic heterocycles. The van der Waals surface area contributed by atoms with E-state index in [4.69, 9.17) is 5.11 Å². The summed E-state index contributed by atoms with van der Waals surface area (Å²) < 4.78 is 0. The number of carbonyl (C=O) groups is 3. The molecule has 92 valence electrons. The Hall–Kier alpha value is -1.39. The van der Waals surface area contributed by atoms with Crippen molar-refractivity contribution >= 4 is 17.7 Å². The summed E-state index contributed by atoms with van der Waals surface area (Å²) in [6, 6.07) is 0. The highest BCUT2D eigenvalue weighted by Gasteiger charge is 2.48. The van der Waals surface area contributed by atoms with Crippen molar-refractivity contribution < 1.29 is 24.6 Å². The summed E-state index contributed by atoms with van der Waals surface area (Å²) in [7, 11) is 0. The Bertz CT molecular complexity index is 281. The van der Waals surface area contributed by atoms with E-state index >= 15 is 0 Å². The van der Waals surface area contributed by atoms with Crippen LogP contribution in [0.25, 0.3) is 0 Å². The first-order valence-electron chi connectivity index (χ1n) is 5.29. The predicted molar refractivity (Wildman–Crippen MR) is 57.1 cm³/mol. The third-order valence-electron chi connectivity index (χ3n) is 3.18. The van der Waals surface area contributed by atoms with Crippen molar-refractivity contribution in [3.63, 3.8) is 0 Å². The molecule has 0 radical (unpaired) electrons. The molecule has 0 aliphatic carbocycles. The van der Waals surface area contributed by atoms with Crippen molar-refractivity contribution in [1.29, 1.82) is 0 Å². The monoisotopic (exact) mass is 230 g/mol. The smallest absolute Gasteiger partial charge is 0.317 e. The van der Waals surface area contributed by atoms with Gasteiger partial charge in [0.1, 0.15) is 11.2 Å². The zero-order valence-corrected chi connectivity index (χ0v) is 9.82. The summed E-state index contributed by atoms with van der Waals surface area (Å²) in [5.41, 5.74) is -1.56. The fourth-order valence-electron chi connectivity index (χ4n) is 2.18. The maximum atomic E-state index is 11.5. The Kier molecular flexibility index (Phi) is 5.14. The van der Waals surface area contributed by atoms with E-state index < -0.39 is 29.1 Å². The molecule has 0 rings (SSSR count). The zero-order valence-electron chi connectivity index (χ0n) is 9.82. The summed E-state index contributed by atoms with van der Waals surface area (Å²) in [5, 5.41) is 17.9. The number of Topliss-reactive ketones (excluding diaryl/α,β-unsaturated/α-hetero) is 1. The molecule has 0 aromatic heterocycles. The molecule has 2 atom stereocenters. The number of aliphatic carboxylic acids is 2. The van der Waals surface area contributed by atoms with Gasteiger partial charge >= 0.3 is 11.9 Å². The normalized spacial score (nSPS) is 16.2. The van der Waals surface area contributed by atoms with Crippen LogP contribution in [-0.4, -0.2) is 27.9 Å². The Balaban J connectivity index is 5.35. The zero-order chi connectivity index (χ0) is 12.9. The molecule has 0 aromatic carbocycles. The van der Waals surface area contributed by atoms with Gasteiger partial charge in [-0.05, 0) is 19.3 Å². The van der Waals surface area contributed by atoms with E-state index in [0.29, 0.717) is 6.42 Å². The molecule has 5 heteroatoms. The molecule has 0 amide bonds. The van der Waals surface area contributed by atoms with Gasteiger partial charge < -0.3 is 10.2 Å². The molecule has 5 nitrogen and oxygen atoms in total.